The van der Waals surface area contributed by atoms with E-state index in [1.807, 2.05) is 36.4 Å². The monoisotopic (exact) mass is 393 g/mol. The van der Waals surface area contributed by atoms with Crippen LogP contribution in [0, 0.1) is 0 Å². The molecule has 0 radical (unpaired) electrons. The molecule has 1 aromatic carbocycles. The second-order valence-electron chi connectivity index (χ2n) is 6.72. The summed E-state index contributed by atoms with van der Waals surface area (Å²) in [5.74, 6) is 0.0372. The zero-order valence-corrected chi connectivity index (χ0v) is 16.9. The minimum Gasteiger partial charge on any atom is -0.459 e. The first kappa shape index (κ1) is 22.4. The molecule has 2 atom stereocenters. The number of ether oxygens (including phenoxy) is 4. The normalized spacial score (nSPS) is 19.2. The topological polar surface area (TPSA) is 77.5 Å². The second kappa shape index (κ2) is 11.8. The lowest BCUT2D eigenvalue weighted by Gasteiger charge is -2.31. The van der Waals surface area contributed by atoms with Crippen LogP contribution in [0.2, 0.25) is 0 Å². The zero-order valence-electron chi connectivity index (χ0n) is 16.9. The minimum atomic E-state index is -0.512. The van der Waals surface area contributed by atoms with Gasteiger partial charge < -0.3 is 29.0 Å². The summed E-state index contributed by atoms with van der Waals surface area (Å²) in [5, 5.41) is 8.92. The lowest BCUT2D eigenvalue weighted by molar-refractivity contribution is -0.158. The van der Waals surface area contributed by atoms with Crippen LogP contribution in [-0.4, -0.2) is 69.5 Å². The minimum absolute atomic E-state index is 0.0192. The van der Waals surface area contributed by atoms with Crippen LogP contribution in [0.4, 0.5) is 0 Å². The van der Waals surface area contributed by atoms with Gasteiger partial charge in [-0.1, -0.05) is 30.3 Å². The number of nitrogens with zero attached hydrogens (tertiary/aromatic N) is 1. The summed E-state index contributed by atoms with van der Waals surface area (Å²) in [6, 6.07) is 9.99. The lowest BCUT2D eigenvalue weighted by atomic mass is 9.93. The number of methoxy groups -OCH3 is 2. The number of hydrogen-bond acceptors (Lipinski definition) is 6. The van der Waals surface area contributed by atoms with E-state index in [-0.39, 0.29) is 30.7 Å². The molecule has 0 spiro atoms. The molecule has 0 unspecified atom stereocenters. The molecule has 0 saturated carbocycles. The molecule has 0 saturated heterocycles. The van der Waals surface area contributed by atoms with Crippen molar-refractivity contribution in [3.05, 3.63) is 47.7 Å². The zero-order chi connectivity index (χ0) is 20.4. The largest absolute Gasteiger partial charge is 0.459 e. The van der Waals surface area contributed by atoms with Gasteiger partial charge in [-0.3, -0.25) is 4.79 Å². The van der Waals surface area contributed by atoms with Crippen molar-refractivity contribution >= 4 is 5.91 Å². The first-order valence-corrected chi connectivity index (χ1v) is 9.56. The van der Waals surface area contributed by atoms with E-state index in [0.29, 0.717) is 19.4 Å². The van der Waals surface area contributed by atoms with Crippen LogP contribution < -0.4 is 0 Å². The van der Waals surface area contributed by atoms with E-state index in [4.69, 9.17) is 24.1 Å². The molecule has 1 amide bonds. The Morgan fingerprint density at radius 1 is 1.25 bits per heavy atom. The molecular weight excluding hydrogens is 362 g/mol. The molecule has 0 aliphatic carbocycles. The van der Waals surface area contributed by atoms with E-state index >= 15 is 0 Å². The van der Waals surface area contributed by atoms with Gasteiger partial charge in [0.05, 0.1) is 13.2 Å². The Labute approximate surface area is 166 Å². The van der Waals surface area contributed by atoms with Crippen molar-refractivity contribution in [3.63, 3.8) is 0 Å². The molecule has 1 aromatic rings. The number of likely N-dealkylation sites (N-methyl/N-ethyl adjacent to an activating group) is 1. The third-order valence-corrected chi connectivity index (χ3v) is 4.65. The SMILES string of the molecule is COC(CN(C)C(=O)C1=C[C@H](c2ccccc2)C[C@H](OCCCCO)O1)OC. The molecule has 156 valence electrons. The third kappa shape index (κ3) is 6.60. The van der Waals surface area contributed by atoms with Gasteiger partial charge in [0.2, 0.25) is 6.29 Å². The molecule has 2 rings (SSSR count). The summed E-state index contributed by atoms with van der Waals surface area (Å²) in [7, 11) is 4.75. The smallest absolute Gasteiger partial charge is 0.288 e. The highest BCUT2D eigenvalue weighted by atomic mass is 16.7. The Morgan fingerprint density at radius 2 is 1.96 bits per heavy atom. The van der Waals surface area contributed by atoms with E-state index in [1.165, 1.54) is 19.1 Å². The van der Waals surface area contributed by atoms with Gasteiger partial charge in [0, 0.05) is 40.2 Å². The maximum atomic E-state index is 12.9. The highest BCUT2D eigenvalue weighted by Gasteiger charge is 2.30. The van der Waals surface area contributed by atoms with Gasteiger partial charge in [0.15, 0.2) is 12.0 Å². The summed E-state index contributed by atoms with van der Waals surface area (Å²) in [5.41, 5.74) is 1.11. The van der Waals surface area contributed by atoms with E-state index in [9.17, 15) is 4.79 Å². The van der Waals surface area contributed by atoms with Gasteiger partial charge in [-0.05, 0) is 24.5 Å². The van der Waals surface area contributed by atoms with Crippen LogP contribution in [-0.2, 0) is 23.7 Å². The fourth-order valence-corrected chi connectivity index (χ4v) is 3.01. The second-order valence-corrected chi connectivity index (χ2v) is 6.72. The summed E-state index contributed by atoms with van der Waals surface area (Å²) in [6.07, 6.45) is 2.88. The van der Waals surface area contributed by atoms with Gasteiger partial charge in [0.25, 0.3) is 5.91 Å². The maximum Gasteiger partial charge on any atom is 0.288 e. The van der Waals surface area contributed by atoms with Crippen molar-refractivity contribution in [2.24, 2.45) is 0 Å². The van der Waals surface area contributed by atoms with Gasteiger partial charge in [-0.2, -0.15) is 0 Å². The first-order chi connectivity index (χ1) is 13.6. The summed E-state index contributed by atoms with van der Waals surface area (Å²) < 4.78 is 22.0. The van der Waals surface area contributed by atoms with Gasteiger partial charge in [0.1, 0.15) is 0 Å². The van der Waals surface area contributed by atoms with Gasteiger partial charge >= 0.3 is 0 Å². The van der Waals surface area contributed by atoms with Crippen LogP contribution in [0.15, 0.2) is 42.2 Å². The third-order valence-electron chi connectivity index (χ3n) is 4.65. The first-order valence-electron chi connectivity index (χ1n) is 9.56. The number of aliphatic hydroxyl groups is 1. The molecule has 7 nitrogen and oxygen atoms in total. The summed E-state index contributed by atoms with van der Waals surface area (Å²) in [4.78, 5) is 14.4. The fraction of sp³-hybridized carbons (Fsp3) is 0.571. The molecule has 7 heteroatoms. The molecule has 1 aliphatic rings. The van der Waals surface area contributed by atoms with Crippen molar-refractivity contribution in [3.8, 4) is 0 Å². The molecule has 1 N–H and O–H groups in total. The number of benzene rings is 1. The Kier molecular flexibility index (Phi) is 9.43. The Morgan fingerprint density at radius 3 is 2.61 bits per heavy atom. The van der Waals surface area contributed by atoms with Crippen LogP contribution in [0.3, 0.4) is 0 Å². The maximum absolute atomic E-state index is 12.9. The average molecular weight is 393 g/mol. The molecule has 28 heavy (non-hydrogen) atoms. The molecule has 0 fully saturated rings. The summed E-state index contributed by atoms with van der Waals surface area (Å²) in [6.45, 7) is 0.889. The number of carbonyl (C=O) groups is 1. The number of carbonyl (C=O) groups excluding carboxylic acids is 1. The van der Waals surface area contributed by atoms with Gasteiger partial charge in [-0.15, -0.1) is 0 Å². The predicted molar refractivity (Wildman–Crippen MR) is 104 cm³/mol. The molecule has 0 aromatic heterocycles. The van der Waals surface area contributed by atoms with E-state index < -0.39 is 12.6 Å². The highest BCUT2D eigenvalue weighted by molar-refractivity contribution is 5.91. The van der Waals surface area contributed by atoms with Crippen LogP contribution in [0.25, 0.3) is 0 Å². The number of allylic oxidation sites excluding steroid dienone is 1. The fourth-order valence-electron chi connectivity index (χ4n) is 3.01. The number of unbranched alkanes of at least 4 members (excludes halogenated alkanes) is 1. The van der Waals surface area contributed by atoms with Crippen LogP contribution in [0.5, 0.6) is 0 Å². The predicted octanol–water partition coefficient (Wildman–Crippen LogP) is 2.27. The van der Waals surface area contributed by atoms with E-state index in [0.717, 1.165) is 12.0 Å². The van der Waals surface area contributed by atoms with Crippen molar-refractivity contribution in [2.45, 2.75) is 37.8 Å². The number of amides is 1. The van der Waals surface area contributed by atoms with E-state index in [1.54, 1.807) is 7.05 Å². The van der Waals surface area contributed by atoms with E-state index in [2.05, 4.69) is 0 Å². The summed E-state index contributed by atoms with van der Waals surface area (Å²) >= 11 is 0. The van der Waals surface area contributed by atoms with Crippen LogP contribution >= 0.6 is 0 Å². The molecule has 1 heterocycles. The standard InChI is InChI=1S/C21H31NO6/c1-22(15-20(25-2)26-3)21(24)18-13-17(16-9-5-4-6-10-16)14-19(28-18)27-12-8-7-11-23/h4-6,9-10,13,17,19-20,23H,7-8,11-12,14-15H2,1-3H3/t17-,19+/m0/s1. The Bertz CT molecular complexity index is 617. The van der Waals surface area contributed by atoms with Crippen molar-refractivity contribution < 1.29 is 28.8 Å². The number of rotatable bonds is 11. The molecule has 0 bridgehead atoms. The number of aliphatic hydroxyl groups excluding tert-OH is 1. The number of hydrogen-bond donors (Lipinski definition) is 1. The Hall–Kier alpha value is -1.93. The highest BCUT2D eigenvalue weighted by Crippen LogP contribution is 2.32. The van der Waals surface area contributed by atoms with Crippen molar-refractivity contribution in [1.29, 1.82) is 0 Å². The Balaban J connectivity index is 2.11. The van der Waals surface area contributed by atoms with Crippen LogP contribution in [0.1, 0.15) is 30.7 Å². The molecular formula is C21H31NO6. The van der Waals surface area contributed by atoms with Gasteiger partial charge in [-0.25, -0.2) is 0 Å². The lowest BCUT2D eigenvalue weighted by Crippen LogP contribution is -2.39. The van der Waals surface area contributed by atoms with Crippen molar-refractivity contribution in [1.82, 2.24) is 4.90 Å². The average Bonchev–Trinajstić information content (AvgIpc) is 2.74. The molecule has 1 aliphatic heterocycles. The quantitative estimate of drug-likeness (QED) is 0.459. The van der Waals surface area contributed by atoms with Crippen molar-refractivity contribution in [2.75, 3.05) is 41.0 Å².